The maximum absolute atomic E-state index is 10.9. The molecule has 0 saturated carbocycles. The molecule has 88 valence electrons. The van der Waals surface area contributed by atoms with Gasteiger partial charge in [0.25, 0.3) is 0 Å². The minimum Gasteiger partial charge on any atom is -0.480 e. The second-order valence-corrected chi connectivity index (χ2v) is 4.19. The Kier molecular flexibility index (Phi) is 4.50. The number of nitrogens with zero attached hydrogens (tertiary/aromatic N) is 1. The average molecular weight is 216 g/mol. The highest BCUT2D eigenvalue weighted by atomic mass is 16.5. The molecule has 5 heteroatoms. The summed E-state index contributed by atoms with van der Waals surface area (Å²) in [5, 5.41) is 8.93. The number of carbonyl (C=O) groups is 1. The van der Waals surface area contributed by atoms with Crippen LogP contribution in [0.1, 0.15) is 19.3 Å². The molecule has 0 aromatic rings. The molecule has 5 nitrogen and oxygen atoms in total. The van der Waals surface area contributed by atoms with Gasteiger partial charge in [-0.1, -0.05) is 0 Å². The Morgan fingerprint density at radius 3 is 2.87 bits per heavy atom. The first-order valence-corrected chi connectivity index (χ1v) is 5.32. The van der Waals surface area contributed by atoms with E-state index in [0.29, 0.717) is 13.0 Å². The normalized spacial score (nSPS) is 27.1. The molecule has 0 aromatic carbocycles. The number of hydrogen-bond donors (Lipinski definition) is 2. The van der Waals surface area contributed by atoms with Crippen LogP contribution >= 0.6 is 0 Å². The van der Waals surface area contributed by atoms with Crippen molar-refractivity contribution < 1.29 is 14.6 Å². The van der Waals surface area contributed by atoms with Crippen molar-refractivity contribution in [2.75, 3.05) is 33.4 Å². The molecule has 1 aliphatic rings. The fourth-order valence-electron chi connectivity index (χ4n) is 1.86. The lowest BCUT2D eigenvalue weighted by Crippen LogP contribution is -2.50. The summed E-state index contributed by atoms with van der Waals surface area (Å²) in [6.45, 7) is 2.93. The zero-order valence-corrected chi connectivity index (χ0v) is 9.24. The molecule has 1 saturated heterocycles. The fourth-order valence-corrected chi connectivity index (χ4v) is 1.86. The Hall–Kier alpha value is -0.650. The zero-order valence-electron chi connectivity index (χ0n) is 9.24. The van der Waals surface area contributed by atoms with Gasteiger partial charge >= 0.3 is 5.97 Å². The van der Waals surface area contributed by atoms with E-state index < -0.39 is 11.5 Å². The molecule has 1 atom stereocenters. The maximum atomic E-state index is 10.9. The van der Waals surface area contributed by atoms with Crippen LogP contribution in [0, 0.1) is 0 Å². The summed E-state index contributed by atoms with van der Waals surface area (Å²) in [5.74, 6) is -0.887. The number of unbranched alkanes of at least 4 members (excludes halogenated alkanes) is 1. The summed E-state index contributed by atoms with van der Waals surface area (Å²) in [6, 6.07) is 0. The second kappa shape index (κ2) is 5.44. The number of carboxylic acid groups (broad SMARTS) is 1. The number of nitrogens with two attached hydrogens (primary N) is 1. The van der Waals surface area contributed by atoms with Crippen LogP contribution in [0.4, 0.5) is 0 Å². The lowest BCUT2D eigenvalue weighted by atomic mass is 10.0. The van der Waals surface area contributed by atoms with E-state index in [-0.39, 0.29) is 0 Å². The van der Waals surface area contributed by atoms with Crippen molar-refractivity contribution in [2.45, 2.75) is 24.8 Å². The molecule has 15 heavy (non-hydrogen) atoms. The lowest BCUT2D eigenvalue weighted by Gasteiger charge is -2.19. The third-order valence-corrected chi connectivity index (χ3v) is 2.88. The molecule has 1 aliphatic heterocycles. The molecule has 3 N–H and O–H groups in total. The number of methoxy groups -OCH3 is 1. The Morgan fingerprint density at radius 2 is 2.33 bits per heavy atom. The van der Waals surface area contributed by atoms with Crippen LogP contribution in [0.2, 0.25) is 0 Å². The Labute approximate surface area is 90.2 Å². The summed E-state index contributed by atoms with van der Waals surface area (Å²) in [7, 11) is 1.69. The number of ether oxygens (including phenoxy) is 1. The van der Waals surface area contributed by atoms with Crippen LogP contribution in [0.15, 0.2) is 0 Å². The van der Waals surface area contributed by atoms with Crippen LogP contribution < -0.4 is 5.73 Å². The van der Waals surface area contributed by atoms with E-state index in [0.717, 1.165) is 32.5 Å². The van der Waals surface area contributed by atoms with Crippen LogP contribution in [-0.4, -0.2) is 54.9 Å². The van der Waals surface area contributed by atoms with E-state index in [4.69, 9.17) is 15.6 Å². The molecule has 0 aliphatic carbocycles. The quantitative estimate of drug-likeness (QED) is 0.606. The summed E-state index contributed by atoms with van der Waals surface area (Å²) < 4.78 is 4.95. The Morgan fingerprint density at radius 1 is 1.60 bits per heavy atom. The van der Waals surface area contributed by atoms with Gasteiger partial charge in [-0.05, 0) is 25.8 Å². The number of likely N-dealkylation sites (tertiary alicyclic amines) is 1. The van der Waals surface area contributed by atoms with E-state index in [1.54, 1.807) is 7.11 Å². The van der Waals surface area contributed by atoms with Crippen molar-refractivity contribution in [3.8, 4) is 0 Å². The highest BCUT2D eigenvalue weighted by Gasteiger charge is 2.40. The van der Waals surface area contributed by atoms with Crippen molar-refractivity contribution >= 4 is 5.97 Å². The van der Waals surface area contributed by atoms with Gasteiger partial charge in [-0.15, -0.1) is 0 Å². The first-order valence-electron chi connectivity index (χ1n) is 5.32. The monoisotopic (exact) mass is 216 g/mol. The summed E-state index contributed by atoms with van der Waals surface area (Å²) >= 11 is 0. The van der Waals surface area contributed by atoms with E-state index in [1.165, 1.54) is 0 Å². The second-order valence-electron chi connectivity index (χ2n) is 4.19. The average Bonchev–Trinajstić information content (AvgIpc) is 2.57. The summed E-state index contributed by atoms with van der Waals surface area (Å²) in [5.41, 5.74) is 4.73. The predicted octanol–water partition coefficient (Wildman–Crippen LogP) is -0.0992. The molecule has 0 aromatic heterocycles. The van der Waals surface area contributed by atoms with Gasteiger partial charge in [-0.2, -0.15) is 0 Å². The largest absolute Gasteiger partial charge is 0.480 e. The highest BCUT2D eigenvalue weighted by Crippen LogP contribution is 2.19. The Bertz CT molecular complexity index is 223. The smallest absolute Gasteiger partial charge is 0.325 e. The highest BCUT2D eigenvalue weighted by molar-refractivity contribution is 5.79. The third kappa shape index (κ3) is 3.44. The molecule has 1 fully saturated rings. The van der Waals surface area contributed by atoms with Gasteiger partial charge in [0.05, 0.1) is 0 Å². The molecule has 0 radical (unpaired) electrons. The molecule has 0 amide bonds. The maximum Gasteiger partial charge on any atom is 0.325 e. The molecular formula is C10H20N2O3. The fraction of sp³-hybridized carbons (Fsp3) is 0.900. The van der Waals surface area contributed by atoms with E-state index >= 15 is 0 Å². The van der Waals surface area contributed by atoms with Crippen molar-refractivity contribution in [1.29, 1.82) is 0 Å². The van der Waals surface area contributed by atoms with Crippen molar-refractivity contribution in [3.63, 3.8) is 0 Å². The topological polar surface area (TPSA) is 75.8 Å². The van der Waals surface area contributed by atoms with Crippen molar-refractivity contribution in [1.82, 2.24) is 4.90 Å². The number of aliphatic carboxylic acids is 1. The first kappa shape index (κ1) is 12.4. The van der Waals surface area contributed by atoms with Gasteiger partial charge in [0.1, 0.15) is 5.54 Å². The standard InChI is InChI=1S/C10H20N2O3/c1-15-7-3-2-5-12-6-4-10(11,8-12)9(13)14/h2-8,11H2,1H3,(H,13,14). The van der Waals surface area contributed by atoms with Gasteiger partial charge in [0.2, 0.25) is 0 Å². The minimum atomic E-state index is -1.03. The van der Waals surface area contributed by atoms with Gasteiger partial charge in [0, 0.05) is 26.8 Å². The predicted molar refractivity (Wildman–Crippen MR) is 56.7 cm³/mol. The summed E-state index contributed by atoms with van der Waals surface area (Å²) in [4.78, 5) is 13.0. The minimum absolute atomic E-state index is 0.468. The van der Waals surface area contributed by atoms with Crippen LogP contribution in [0.3, 0.4) is 0 Å². The van der Waals surface area contributed by atoms with Crippen molar-refractivity contribution in [2.24, 2.45) is 5.73 Å². The van der Waals surface area contributed by atoms with Gasteiger partial charge < -0.3 is 20.5 Å². The molecule has 0 spiro atoms. The molecule has 1 unspecified atom stereocenters. The number of hydrogen-bond acceptors (Lipinski definition) is 4. The zero-order chi connectivity index (χ0) is 11.3. The van der Waals surface area contributed by atoms with E-state index in [1.807, 2.05) is 0 Å². The van der Waals surface area contributed by atoms with Gasteiger partial charge in [-0.3, -0.25) is 4.79 Å². The number of carboxylic acids is 1. The van der Waals surface area contributed by atoms with Crippen LogP contribution in [-0.2, 0) is 9.53 Å². The molecule has 0 bridgehead atoms. The van der Waals surface area contributed by atoms with E-state index in [9.17, 15) is 4.79 Å². The molecule has 1 heterocycles. The first-order chi connectivity index (χ1) is 7.08. The number of rotatable bonds is 6. The van der Waals surface area contributed by atoms with Crippen LogP contribution in [0.5, 0.6) is 0 Å². The van der Waals surface area contributed by atoms with Crippen molar-refractivity contribution in [3.05, 3.63) is 0 Å². The molecule has 1 rings (SSSR count). The summed E-state index contributed by atoms with van der Waals surface area (Å²) in [6.07, 6.45) is 2.59. The molecular weight excluding hydrogens is 196 g/mol. The third-order valence-electron chi connectivity index (χ3n) is 2.88. The van der Waals surface area contributed by atoms with Crippen LogP contribution in [0.25, 0.3) is 0 Å². The Balaban J connectivity index is 2.22. The lowest BCUT2D eigenvalue weighted by molar-refractivity contribution is -0.142. The SMILES string of the molecule is COCCCCN1CCC(N)(C(=O)O)C1. The van der Waals surface area contributed by atoms with Gasteiger partial charge in [0.15, 0.2) is 0 Å². The van der Waals surface area contributed by atoms with Gasteiger partial charge in [-0.25, -0.2) is 0 Å². The van der Waals surface area contributed by atoms with E-state index in [2.05, 4.69) is 4.90 Å².